The monoisotopic (exact) mass is 866 g/mol. The van der Waals surface area contributed by atoms with Gasteiger partial charge < -0.3 is 9.47 Å². The third kappa shape index (κ3) is 6.81. The minimum atomic E-state index is 0.000502. The van der Waals surface area contributed by atoms with Crippen LogP contribution in [0.3, 0.4) is 0 Å². The van der Waals surface area contributed by atoms with E-state index in [2.05, 4.69) is 270 Å². The molecule has 1 aromatic heterocycles. The maximum absolute atomic E-state index is 2.58. The smallest absolute Gasteiger partial charge is 0.0571 e. The van der Waals surface area contributed by atoms with Gasteiger partial charge in [0.2, 0.25) is 0 Å². The highest BCUT2D eigenvalue weighted by atomic mass is 15.2. The fraction of sp³-hybridized carbons (Fsp3) is 0.0303. The lowest BCUT2D eigenvalue weighted by Gasteiger charge is -2.36. The number of para-hydroxylation sites is 2. The lowest BCUT2D eigenvalue weighted by molar-refractivity contribution is 0.798. The molecule has 12 aromatic rings. The predicted octanol–water partition coefficient (Wildman–Crippen LogP) is 17.7. The second kappa shape index (κ2) is 16.6. The summed E-state index contributed by atoms with van der Waals surface area (Å²) in [4.78, 5) is 2.58. The first-order chi connectivity index (χ1) is 33.7. The van der Waals surface area contributed by atoms with Crippen molar-refractivity contribution in [2.75, 3.05) is 4.90 Å². The van der Waals surface area contributed by atoms with Gasteiger partial charge in [-0.1, -0.05) is 206 Å². The maximum Gasteiger partial charge on any atom is 0.0571 e. The van der Waals surface area contributed by atoms with E-state index >= 15 is 0 Å². The van der Waals surface area contributed by atoms with Gasteiger partial charge in [0.05, 0.1) is 17.1 Å². The summed E-state index contributed by atoms with van der Waals surface area (Å²) >= 11 is 0. The zero-order chi connectivity index (χ0) is 45.0. The number of aromatic nitrogens is 1. The van der Waals surface area contributed by atoms with Gasteiger partial charge in [-0.25, -0.2) is 0 Å². The van der Waals surface area contributed by atoms with E-state index in [-0.39, 0.29) is 6.04 Å². The van der Waals surface area contributed by atoms with Gasteiger partial charge >= 0.3 is 0 Å². The van der Waals surface area contributed by atoms with Crippen molar-refractivity contribution in [3.8, 4) is 27.9 Å². The maximum atomic E-state index is 2.58. The van der Waals surface area contributed by atoms with Crippen LogP contribution in [0.15, 0.2) is 261 Å². The second-order valence-electron chi connectivity index (χ2n) is 18.0. The Bertz CT molecular complexity index is 3920. The number of anilines is 2. The standard InChI is InChI=1S/C66H46N2/c1-4-19-45(20-5-1)51-39-52(46-21-6-2-7-22-46)42-56(41-51)67(54-37-35-47(36-38-54)62-43-48-23-10-12-29-57(48)59-31-14-15-32-60(59)62)55-28-18-25-50(40-55)65-58-30-13-11-24-49(58)44-64-66(65)61-33-16-17-34-63(61)68(64)53-26-8-3-9-27-53/h1-41,43-44,56H,42H2. The van der Waals surface area contributed by atoms with Crippen molar-refractivity contribution in [2.24, 2.45) is 0 Å². The molecule has 0 fully saturated rings. The number of hydrogen-bond acceptors (Lipinski definition) is 1. The number of hydrogen-bond donors (Lipinski definition) is 0. The number of fused-ring (bicyclic) bond motifs is 7. The van der Waals surface area contributed by atoms with E-state index in [1.807, 2.05) is 0 Å². The van der Waals surface area contributed by atoms with Gasteiger partial charge in [0.1, 0.15) is 0 Å². The normalized spacial score (nSPS) is 13.9. The highest BCUT2D eigenvalue weighted by Crippen LogP contribution is 2.46. The van der Waals surface area contributed by atoms with Gasteiger partial charge in [-0.2, -0.15) is 0 Å². The molecule has 0 spiro atoms. The molecule has 1 aliphatic carbocycles. The fourth-order valence-electron chi connectivity index (χ4n) is 11.0. The molecule has 1 atom stereocenters. The Morgan fingerprint density at radius 2 is 0.971 bits per heavy atom. The quantitative estimate of drug-likeness (QED) is 0.138. The van der Waals surface area contributed by atoms with Crippen molar-refractivity contribution in [2.45, 2.75) is 12.5 Å². The van der Waals surface area contributed by atoms with Crippen LogP contribution in [0.2, 0.25) is 0 Å². The first-order valence-electron chi connectivity index (χ1n) is 23.7. The summed E-state index contributed by atoms with van der Waals surface area (Å²) < 4.78 is 2.44. The Morgan fingerprint density at radius 1 is 0.382 bits per heavy atom. The van der Waals surface area contributed by atoms with Gasteiger partial charge in [-0.3, -0.25) is 0 Å². The van der Waals surface area contributed by atoms with E-state index in [1.165, 1.54) is 98.7 Å². The molecule has 320 valence electrons. The van der Waals surface area contributed by atoms with Crippen molar-refractivity contribution >= 4 is 76.6 Å². The zero-order valence-electron chi connectivity index (χ0n) is 37.5. The summed E-state index contributed by atoms with van der Waals surface area (Å²) in [5, 5.41) is 10.0. The Kier molecular flexibility index (Phi) is 9.68. The van der Waals surface area contributed by atoms with E-state index < -0.39 is 0 Å². The van der Waals surface area contributed by atoms with E-state index in [4.69, 9.17) is 0 Å². The van der Waals surface area contributed by atoms with Crippen molar-refractivity contribution < 1.29 is 0 Å². The molecule has 11 aromatic carbocycles. The molecule has 68 heavy (non-hydrogen) atoms. The van der Waals surface area contributed by atoms with Crippen LogP contribution in [0.4, 0.5) is 11.4 Å². The molecule has 2 nitrogen and oxygen atoms in total. The number of allylic oxidation sites excluding steroid dienone is 2. The van der Waals surface area contributed by atoms with Crippen LogP contribution in [0.25, 0.3) is 93.2 Å². The van der Waals surface area contributed by atoms with Crippen LogP contribution in [0.1, 0.15) is 17.5 Å². The molecule has 0 N–H and O–H groups in total. The van der Waals surface area contributed by atoms with Crippen LogP contribution < -0.4 is 4.90 Å². The fourth-order valence-corrected chi connectivity index (χ4v) is 11.0. The molecule has 0 amide bonds. The molecule has 13 rings (SSSR count). The third-order valence-electron chi connectivity index (χ3n) is 14.0. The van der Waals surface area contributed by atoms with Crippen LogP contribution in [-0.2, 0) is 0 Å². The van der Waals surface area contributed by atoms with E-state index in [0.29, 0.717) is 0 Å². The van der Waals surface area contributed by atoms with Crippen molar-refractivity contribution in [3.05, 3.63) is 272 Å². The van der Waals surface area contributed by atoms with E-state index in [1.54, 1.807) is 0 Å². The summed E-state index contributed by atoms with van der Waals surface area (Å²) in [6, 6.07) is 91.3. The number of nitrogens with zero attached hydrogens (tertiary/aromatic N) is 2. The molecule has 2 heteroatoms. The molecule has 0 saturated heterocycles. The summed E-state index contributed by atoms with van der Waals surface area (Å²) in [7, 11) is 0. The molecule has 0 bridgehead atoms. The summed E-state index contributed by atoms with van der Waals surface area (Å²) in [6.07, 6.45) is 5.73. The van der Waals surface area contributed by atoms with Crippen molar-refractivity contribution in [3.63, 3.8) is 0 Å². The van der Waals surface area contributed by atoms with Gasteiger partial charge in [0.15, 0.2) is 0 Å². The van der Waals surface area contributed by atoms with Crippen LogP contribution in [-0.4, -0.2) is 10.6 Å². The average Bonchev–Trinajstić information content (AvgIpc) is 3.74. The first-order valence-corrected chi connectivity index (χ1v) is 23.7. The minimum absolute atomic E-state index is 0.000502. The van der Waals surface area contributed by atoms with Gasteiger partial charge in [-0.15, -0.1) is 0 Å². The highest BCUT2D eigenvalue weighted by Gasteiger charge is 2.27. The van der Waals surface area contributed by atoms with Crippen LogP contribution in [0, 0.1) is 0 Å². The van der Waals surface area contributed by atoms with Gasteiger partial charge in [-0.05, 0) is 138 Å². The second-order valence-corrected chi connectivity index (χ2v) is 18.0. The molecule has 1 aliphatic rings. The molecular formula is C66H46N2. The van der Waals surface area contributed by atoms with Crippen molar-refractivity contribution in [1.82, 2.24) is 4.57 Å². The lowest BCUT2D eigenvalue weighted by atomic mass is 9.86. The Morgan fingerprint density at radius 3 is 1.72 bits per heavy atom. The summed E-state index contributed by atoms with van der Waals surface area (Å²) in [6.45, 7) is 0. The van der Waals surface area contributed by atoms with Gasteiger partial charge in [0.25, 0.3) is 0 Å². The molecular weight excluding hydrogens is 821 g/mol. The first kappa shape index (κ1) is 39.6. The lowest BCUT2D eigenvalue weighted by Crippen LogP contribution is -2.31. The topological polar surface area (TPSA) is 8.17 Å². The average molecular weight is 867 g/mol. The van der Waals surface area contributed by atoms with Crippen LogP contribution >= 0.6 is 0 Å². The van der Waals surface area contributed by atoms with E-state index in [9.17, 15) is 0 Å². The molecule has 1 unspecified atom stereocenters. The van der Waals surface area contributed by atoms with Crippen LogP contribution in [0.5, 0.6) is 0 Å². The highest BCUT2D eigenvalue weighted by molar-refractivity contribution is 6.23. The Hall–Kier alpha value is -8.72. The Balaban J connectivity index is 1.03. The molecule has 0 aliphatic heterocycles. The van der Waals surface area contributed by atoms with E-state index in [0.717, 1.165) is 23.5 Å². The Labute approximate surface area is 396 Å². The minimum Gasteiger partial charge on any atom is -0.334 e. The van der Waals surface area contributed by atoms with Gasteiger partial charge in [0, 0.05) is 27.8 Å². The SMILES string of the molecule is C1=C(c2ccccc2)C=C(c2ccccc2)CC1N(c1ccc(-c2cc3ccccc3c3ccccc23)cc1)c1cccc(-c2c3ccccc3cc3c2c2ccccc2n3-c2ccccc2)c1. The predicted molar refractivity (Wildman–Crippen MR) is 290 cm³/mol. The van der Waals surface area contributed by atoms with Crippen molar-refractivity contribution in [1.29, 1.82) is 0 Å². The summed E-state index contributed by atoms with van der Waals surface area (Å²) in [5.41, 5.74) is 15.7. The zero-order valence-corrected chi connectivity index (χ0v) is 37.5. The summed E-state index contributed by atoms with van der Waals surface area (Å²) in [5.74, 6) is 0. The molecule has 0 radical (unpaired) electrons. The molecule has 0 saturated carbocycles. The third-order valence-corrected chi connectivity index (χ3v) is 14.0. The molecule has 1 heterocycles. The number of benzene rings is 11. The largest absolute Gasteiger partial charge is 0.334 e. The number of rotatable bonds is 8.